The van der Waals surface area contributed by atoms with Gasteiger partial charge in [0.2, 0.25) is 0 Å². The smallest absolute Gasteiger partial charge is 0.178 e. The third-order valence-corrected chi connectivity index (χ3v) is 3.53. The Morgan fingerprint density at radius 3 is 2.38 bits per heavy atom. The van der Waals surface area contributed by atoms with Crippen LogP contribution in [0.5, 0.6) is 10.1 Å². The van der Waals surface area contributed by atoms with Crippen molar-refractivity contribution in [1.82, 2.24) is 0 Å². The summed E-state index contributed by atoms with van der Waals surface area (Å²) in [6, 6.07) is 1.72. The lowest BCUT2D eigenvalue weighted by molar-refractivity contribution is 0.420. The van der Waals surface area contributed by atoms with Gasteiger partial charge in [0.05, 0.1) is 0 Å². The van der Waals surface area contributed by atoms with E-state index in [1.54, 1.807) is 6.07 Å². The van der Waals surface area contributed by atoms with Crippen LogP contribution in [0.15, 0.2) is 6.07 Å². The molecule has 0 atom stereocenters. The third-order valence-electron chi connectivity index (χ3n) is 2.77. The lowest BCUT2D eigenvalue weighted by atomic mass is 9.85. The van der Waals surface area contributed by atoms with Crippen molar-refractivity contribution in [1.29, 1.82) is 0 Å². The summed E-state index contributed by atoms with van der Waals surface area (Å²) in [5, 5.41) is 19.3. The van der Waals surface area contributed by atoms with Crippen LogP contribution in [-0.2, 0) is 0 Å². The standard InChI is InChI=1S/C10H14O2S/c11-9-6-8(10(12)13-9)7-4-2-1-3-5-7/h6-7,11-12H,1-5H2. The van der Waals surface area contributed by atoms with E-state index in [0.717, 1.165) is 29.7 Å². The van der Waals surface area contributed by atoms with Gasteiger partial charge in [0, 0.05) is 5.56 Å². The second-order valence-electron chi connectivity index (χ2n) is 3.68. The molecule has 0 aromatic carbocycles. The first-order valence-electron chi connectivity index (χ1n) is 4.79. The fourth-order valence-corrected chi connectivity index (χ4v) is 2.82. The van der Waals surface area contributed by atoms with Crippen molar-refractivity contribution < 1.29 is 10.2 Å². The van der Waals surface area contributed by atoms with Gasteiger partial charge in [0.15, 0.2) is 10.1 Å². The molecule has 13 heavy (non-hydrogen) atoms. The Hall–Kier alpha value is -0.700. The Balaban J connectivity index is 2.18. The van der Waals surface area contributed by atoms with Gasteiger partial charge in [-0.05, 0) is 24.8 Å². The summed E-state index contributed by atoms with van der Waals surface area (Å²) in [6.45, 7) is 0. The summed E-state index contributed by atoms with van der Waals surface area (Å²) in [6.07, 6.45) is 6.13. The first kappa shape index (κ1) is 8.88. The molecule has 1 aliphatic carbocycles. The van der Waals surface area contributed by atoms with Crippen molar-refractivity contribution in [3.8, 4) is 10.1 Å². The van der Waals surface area contributed by atoms with E-state index in [-0.39, 0.29) is 5.06 Å². The minimum Gasteiger partial charge on any atom is -0.499 e. The van der Waals surface area contributed by atoms with E-state index in [9.17, 15) is 10.2 Å². The van der Waals surface area contributed by atoms with Crippen LogP contribution in [0, 0.1) is 0 Å². The minimum absolute atomic E-state index is 0.234. The number of hydrogen-bond acceptors (Lipinski definition) is 3. The molecule has 1 fully saturated rings. The highest BCUT2D eigenvalue weighted by atomic mass is 32.1. The molecule has 0 unspecified atom stereocenters. The average molecular weight is 198 g/mol. The summed E-state index contributed by atoms with van der Waals surface area (Å²) in [4.78, 5) is 0. The van der Waals surface area contributed by atoms with E-state index in [4.69, 9.17) is 0 Å². The van der Waals surface area contributed by atoms with Crippen LogP contribution in [0.3, 0.4) is 0 Å². The molecule has 2 N–H and O–H groups in total. The largest absolute Gasteiger partial charge is 0.499 e. The van der Waals surface area contributed by atoms with Crippen LogP contribution in [0.2, 0.25) is 0 Å². The molecule has 3 heteroatoms. The van der Waals surface area contributed by atoms with Gasteiger partial charge in [-0.15, -0.1) is 0 Å². The Morgan fingerprint density at radius 2 is 1.85 bits per heavy atom. The van der Waals surface area contributed by atoms with E-state index >= 15 is 0 Å². The van der Waals surface area contributed by atoms with E-state index in [1.165, 1.54) is 19.3 Å². The molecule has 2 nitrogen and oxygen atoms in total. The van der Waals surface area contributed by atoms with E-state index < -0.39 is 0 Å². The Kier molecular flexibility index (Phi) is 2.44. The molecule has 1 aliphatic rings. The number of aromatic hydroxyl groups is 2. The zero-order chi connectivity index (χ0) is 9.26. The fraction of sp³-hybridized carbons (Fsp3) is 0.600. The molecular formula is C10H14O2S. The molecular weight excluding hydrogens is 184 g/mol. The fourth-order valence-electron chi connectivity index (χ4n) is 2.09. The normalized spacial score (nSPS) is 19.1. The van der Waals surface area contributed by atoms with Crippen LogP contribution in [0.1, 0.15) is 43.6 Å². The first-order valence-corrected chi connectivity index (χ1v) is 5.60. The summed E-state index contributed by atoms with van der Waals surface area (Å²) >= 11 is 1.07. The Morgan fingerprint density at radius 1 is 1.15 bits per heavy atom. The highest BCUT2D eigenvalue weighted by Gasteiger charge is 2.20. The summed E-state index contributed by atoms with van der Waals surface area (Å²) in [5.41, 5.74) is 0.960. The predicted octanol–water partition coefficient (Wildman–Crippen LogP) is 3.21. The van der Waals surface area contributed by atoms with Gasteiger partial charge < -0.3 is 10.2 Å². The molecule has 0 spiro atoms. The molecule has 0 radical (unpaired) electrons. The first-order chi connectivity index (χ1) is 6.27. The molecule has 2 rings (SSSR count). The van der Waals surface area contributed by atoms with Gasteiger partial charge in [-0.25, -0.2) is 0 Å². The van der Waals surface area contributed by atoms with Crippen molar-refractivity contribution in [2.45, 2.75) is 38.0 Å². The van der Waals surface area contributed by atoms with Crippen molar-refractivity contribution in [2.75, 3.05) is 0 Å². The topological polar surface area (TPSA) is 40.5 Å². The third kappa shape index (κ3) is 1.80. The quantitative estimate of drug-likeness (QED) is 0.727. The van der Waals surface area contributed by atoms with E-state index in [2.05, 4.69) is 0 Å². The highest BCUT2D eigenvalue weighted by molar-refractivity contribution is 7.15. The van der Waals surface area contributed by atoms with Crippen LogP contribution >= 0.6 is 11.3 Å². The molecule has 0 aliphatic heterocycles. The van der Waals surface area contributed by atoms with Gasteiger partial charge in [-0.3, -0.25) is 0 Å². The molecule has 72 valence electrons. The van der Waals surface area contributed by atoms with Gasteiger partial charge in [0.25, 0.3) is 0 Å². The predicted molar refractivity (Wildman–Crippen MR) is 53.5 cm³/mol. The van der Waals surface area contributed by atoms with Gasteiger partial charge in [-0.1, -0.05) is 30.6 Å². The number of thiophene rings is 1. The number of hydrogen-bond donors (Lipinski definition) is 2. The molecule has 1 heterocycles. The maximum Gasteiger partial charge on any atom is 0.178 e. The number of rotatable bonds is 1. The van der Waals surface area contributed by atoms with Crippen LogP contribution in [-0.4, -0.2) is 10.2 Å². The maximum atomic E-state index is 9.54. The zero-order valence-electron chi connectivity index (χ0n) is 7.49. The van der Waals surface area contributed by atoms with Crippen molar-refractivity contribution in [3.63, 3.8) is 0 Å². The van der Waals surface area contributed by atoms with Gasteiger partial charge in [0.1, 0.15) is 0 Å². The van der Waals surface area contributed by atoms with Crippen molar-refractivity contribution in [3.05, 3.63) is 11.6 Å². The lowest BCUT2D eigenvalue weighted by Gasteiger charge is -2.20. The lowest BCUT2D eigenvalue weighted by Crippen LogP contribution is -2.03. The SMILES string of the molecule is Oc1cc(C2CCCCC2)c(O)s1. The molecule has 1 aromatic rings. The Labute approximate surface area is 81.8 Å². The van der Waals surface area contributed by atoms with E-state index in [1.807, 2.05) is 0 Å². The summed E-state index contributed by atoms with van der Waals surface area (Å²) in [7, 11) is 0. The zero-order valence-corrected chi connectivity index (χ0v) is 8.31. The maximum absolute atomic E-state index is 9.54. The minimum atomic E-state index is 0.234. The monoisotopic (exact) mass is 198 g/mol. The second kappa shape index (κ2) is 3.58. The van der Waals surface area contributed by atoms with E-state index in [0.29, 0.717) is 11.0 Å². The molecule has 0 amide bonds. The van der Waals surface area contributed by atoms with Crippen LogP contribution in [0.25, 0.3) is 0 Å². The summed E-state index contributed by atoms with van der Waals surface area (Å²) < 4.78 is 0. The summed E-state index contributed by atoms with van der Waals surface area (Å²) in [5.74, 6) is 0.478. The average Bonchev–Trinajstić information content (AvgIpc) is 2.47. The van der Waals surface area contributed by atoms with Gasteiger partial charge >= 0.3 is 0 Å². The van der Waals surface area contributed by atoms with Crippen LogP contribution < -0.4 is 0 Å². The van der Waals surface area contributed by atoms with Crippen molar-refractivity contribution >= 4 is 11.3 Å². The molecule has 1 saturated carbocycles. The molecule has 1 aromatic heterocycles. The van der Waals surface area contributed by atoms with Gasteiger partial charge in [-0.2, -0.15) is 0 Å². The highest BCUT2D eigenvalue weighted by Crippen LogP contribution is 2.43. The van der Waals surface area contributed by atoms with Crippen molar-refractivity contribution in [2.24, 2.45) is 0 Å². The van der Waals surface area contributed by atoms with Crippen LogP contribution in [0.4, 0.5) is 0 Å². The Bertz CT molecular complexity index is 287. The molecule has 0 saturated heterocycles. The second-order valence-corrected chi connectivity index (χ2v) is 4.69. The molecule has 0 bridgehead atoms.